The second kappa shape index (κ2) is 3.75. The van der Waals surface area contributed by atoms with Gasteiger partial charge in [-0.3, -0.25) is 0 Å². The van der Waals surface area contributed by atoms with E-state index in [4.69, 9.17) is 0 Å². The molecule has 3 aliphatic rings. The summed E-state index contributed by atoms with van der Waals surface area (Å²) in [6.07, 6.45) is 15.3. The smallest absolute Gasteiger partial charge is 0.0264 e. The molecule has 0 aliphatic heterocycles. The molecule has 0 aromatic heterocycles. The summed E-state index contributed by atoms with van der Waals surface area (Å²) in [7, 11) is 0. The van der Waals surface area contributed by atoms with Crippen molar-refractivity contribution in [1.29, 1.82) is 0 Å². The molecule has 3 aliphatic carbocycles. The molecule has 3 fully saturated rings. The highest BCUT2D eigenvalue weighted by molar-refractivity contribution is 5.03. The Morgan fingerprint density at radius 1 is 0.750 bits per heavy atom. The van der Waals surface area contributed by atoms with E-state index in [1.54, 1.807) is 19.3 Å². The maximum absolute atomic E-state index is 2.66. The molecule has 0 heteroatoms. The van der Waals surface area contributed by atoms with E-state index in [9.17, 15) is 0 Å². The number of fused-ring (bicyclic) bond motifs is 3. The summed E-state index contributed by atoms with van der Waals surface area (Å²) in [6.45, 7) is 5.27. The van der Waals surface area contributed by atoms with E-state index >= 15 is 0 Å². The lowest BCUT2D eigenvalue weighted by molar-refractivity contribution is -0.101. The highest BCUT2D eigenvalue weighted by Crippen LogP contribution is 2.63. The van der Waals surface area contributed by atoms with Crippen LogP contribution in [0.25, 0.3) is 0 Å². The molecule has 4 atom stereocenters. The SMILES string of the molecule is C[C@]12CCCC[C@@H]1[C@]1(C)CCCC[C@H]1CC2. The predicted molar refractivity (Wildman–Crippen MR) is 69.4 cm³/mol. The Kier molecular flexibility index (Phi) is 2.60. The Bertz CT molecular complexity index is 269. The van der Waals surface area contributed by atoms with E-state index in [-0.39, 0.29) is 0 Å². The zero-order valence-corrected chi connectivity index (χ0v) is 11.2. The largest absolute Gasteiger partial charge is 0.0594 e. The Morgan fingerprint density at radius 2 is 1.50 bits per heavy atom. The van der Waals surface area contributed by atoms with Crippen LogP contribution in [0.1, 0.15) is 78.1 Å². The average molecular weight is 220 g/mol. The molecule has 0 aromatic rings. The van der Waals surface area contributed by atoms with E-state index in [1.807, 2.05) is 0 Å². The molecule has 0 nitrogen and oxygen atoms in total. The number of hydrogen-bond acceptors (Lipinski definition) is 0. The second-order valence-electron chi connectivity index (χ2n) is 7.44. The van der Waals surface area contributed by atoms with E-state index in [0.29, 0.717) is 0 Å². The lowest BCUT2D eigenvalue weighted by Gasteiger charge is -2.60. The van der Waals surface area contributed by atoms with Crippen LogP contribution in [-0.4, -0.2) is 0 Å². The Labute approximate surface area is 101 Å². The van der Waals surface area contributed by atoms with Crippen molar-refractivity contribution in [2.24, 2.45) is 22.7 Å². The first-order valence-corrected chi connectivity index (χ1v) is 7.65. The van der Waals surface area contributed by atoms with E-state index in [0.717, 1.165) is 22.7 Å². The summed E-state index contributed by atoms with van der Waals surface area (Å²) in [5.41, 5.74) is 1.45. The third kappa shape index (κ3) is 1.48. The number of hydrogen-bond donors (Lipinski definition) is 0. The maximum Gasteiger partial charge on any atom is -0.0264 e. The Balaban J connectivity index is 1.91. The minimum atomic E-state index is 0.723. The fourth-order valence-corrected chi connectivity index (χ4v) is 5.69. The molecule has 0 spiro atoms. The first kappa shape index (κ1) is 11.1. The predicted octanol–water partition coefficient (Wildman–Crippen LogP) is 5.17. The van der Waals surface area contributed by atoms with Crippen LogP contribution >= 0.6 is 0 Å². The quantitative estimate of drug-likeness (QED) is 0.528. The molecule has 0 aromatic carbocycles. The first-order chi connectivity index (χ1) is 7.65. The molecule has 0 amide bonds. The molecule has 0 unspecified atom stereocenters. The standard InChI is InChI=1S/C16H28/c1-15-10-5-4-8-14(15)16(2)11-6-3-7-13(16)9-12-15/h13-14H,3-12H2,1-2H3/t13-,14-,15+,16+/m0/s1. The summed E-state index contributed by atoms with van der Waals surface area (Å²) in [4.78, 5) is 0. The molecule has 0 heterocycles. The van der Waals surface area contributed by atoms with Gasteiger partial charge in [0.2, 0.25) is 0 Å². The van der Waals surface area contributed by atoms with Gasteiger partial charge >= 0.3 is 0 Å². The molecule has 0 radical (unpaired) electrons. The molecule has 16 heavy (non-hydrogen) atoms. The zero-order valence-electron chi connectivity index (χ0n) is 11.2. The van der Waals surface area contributed by atoms with E-state index in [1.165, 1.54) is 44.9 Å². The van der Waals surface area contributed by atoms with Gasteiger partial charge in [0.1, 0.15) is 0 Å². The van der Waals surface area contributed by atoms with Gasteiger partial charge in [-0.1, -0.05) is 39.5 Å². The van der Waals surface area contributed by atoms with Crippen molar-refractivity contribution in [2.45, 2.75) is 78.1 Å². The highest BCUT2D eigenvalue weighted by Gasteiger charge is 2.53. The van der Waals surface area contributed by atoms with Crippen LogP contribution in [0.2, 0.25) is 0 Å². The van der Waals surface area contributed by atoms with Crippen molar-refractivity contribution in [3.8, 4) is 0 Å². The van der Waals surface area contributed by atoms with E-state index in [2.05, 4.69) is 13.8 Å². The van der Waals surface area contributed by atoms with Crippen LogP contribution < -0.4 is 0 Å². The average Bonchev–Trinajstić information content (AvgIpc) is 2.28. The molecule has 3 rings (SSSR count). The first-order valence-electron chi connectivity index (χ1n) is 7.65. The van der Waals surface area contributed by atoms with Crippen LogP contribution in [0.5, 0.6) is 0 Å². The van der Waals surface area contributed by atoms with Gasteiger partial charge in [0, 0.05) is 0 Å². The van der Waals surface area contributed by atoms with Gasteiger partial charge in [0.25, 0.3) is 0 Å². The summed E-state index contributed by atoms with van der Waals surface area (Å²) >= 11 is 0. The number of rotatable bonds is 0. The molecular formula is C16H28. The van der Waals surface area contributed by atoms with E-state index < -0.39 is 0 Å². The highest BCUT2D eigenvalue weighted by atomic mass is 14.6. The second-order valence-corrected chi connectivity index (χ2v) is 7.44. The maximum atomic E-state index is 2.66. The molecule has 92 valence electrons. The summed E-state index contributed by atoms with van der Waals surface area (Å²) in [5, 5.41) is 0. The van der Waals surface area contributed by atoms with Gasteiger partial charge in [-0.2, -0.15) is 0 Å². The summed E-state index contributed by atoms with van der Waals surface area (Å²) < 4.78 is 0. The van der Waals surface area contributed by atoms with Gasteiger partial charge < -0.3 is 0 Å². The third-order valence-corrected chi connectivity index (χ3v) is 6.64. The molecule has 0 bridgehead atoms. The van der Waals surface area contributed by atoms with Gasteiger partial charge in [-0.25, -0.2) is 0 Å². The molecule has 3 saturated carbocycles. The Hall–Kier alpha value is 0. The Morgan fingerprint density at radius 3 is 2.38 bits per heavy atom. The van der Waals surface area contributed by atoms with Crippen molar-refractivity contribution in [1.82, 2.24) is 0 Å². The summed E-state index contributed by atoms with van der Waals surface area (Å²) in [6, 6.07) is 0. The van der Waals surface area contributed by atoms with Crippen molar-refractivity contribution in [2.75, 3.05) is 0 Å². The fourth-order valence-electron chi connectivity index (χ4n) is 5.69. The monoisotopic (exact) mass is 220 g/mol. The minimum Gasteiger partial charge on any atom is -0.0594 e. The van der Waals surface area contributed by atoms with Crippen molar-refractivity contribution >= 4 is 0 Å². The zero-order chi connectivity index (χ0) is 11.2. The molecule has 0 saturated heterocycles. The van der Waals surface area contributed by atoms with Crippen LogP contribution in [-0.2, 0) is 0 Å². The van der Waals surface area contributed by atoms with Crippen LogP contribution in [0.4, 0.5) is 0 Å². The fraction of sp³-hybridized carbons (Fsp3) is 1.00. The molecule has 0 N–H and O–H groups in total. The van der Waals surface area contributed by atoms with Crippen molar-refractivity contribution < 1.29 is 0 Å². The lowest BCUT2D eigenvalue weighted by Crippen LogP contribution is -2.51. The normalized spacial score (nSPS) is 52.9. The van der Waals surface area contributed by atoms with Crippen molar-refractivity contribution in [3.05, 3.63) is 0 Å². The summed E-state index contributed by atoms with van der Waals surface area (Å²) in [5.74, 6) is 2.14. The van der Waals surface area contributed by atoms with Crippen LogP contribution in [0.15, 0.2) is 0 Å². The van der Waals surface area contributed by atoms with Crippen LogP contribution in [0, 0.1) is 22.7 Å². The van der Waals surface area contributed by atoms with Crippen LogP contribution in [0.3, 0.4) is 0 Å². The van der Waals surface area contributed by atoms with Crippen molar-refractivity contribution in [3.63, 3.8) is 0 Å². The van der Waals surface area contributed by atoms with Gasteiger partial charge in [-0.15, -0.1) is 0 Å². The topological polar surface area (TPSA) is 0 Å². The minimum absolute atomic E-state index is 0.723. The third-order valence-electron chi connectivity index (χ3n) is 6.64. The lowest BCUT2D eigenvalue weighted by atomic mass is 9.45. The van der Waals surface area contributed by atoms with Gasteiger partial charge in [-0.05, 0) is 61.2 Å². The molecular weight excluding hydrogens is 192 g/mol. The van der Waals surface area contributed by atoms with Gasteiger partial charge in [0.05, 0.1) is 0 Å². The van der Waals surface area contributed by atoms with Gasteiger partial charge in [0.15, 0.2) is 0 Å².